The Morgan fingerprint density at radius 2 is 1.83 bits per heavy atom. The van der Waals surface area contributed by atoms with Crippen LogP contribution in [0.25, 0.3) is 0 Å². The molecular weight excluding hydrogens is 320 g/mol. The second-order valence-electron chi connectivity index (χ2n) is 6.17. The number of fused-ring (bicyclic) bond motifs is 1. The molecule has 0 spiro atoms. The van der Waals surface area contributed by atoms with E-state index < -0.39 is 5.91 Å². The Labute approximate surface area is 146 Å². The maximum Gasteiger partial charge on any atom is 0.251 e. The van der Waals surface area contributed by atoms with Crippen molar-refractivity contribution in [3.8, 4) is 0 Å². The number of thiophene rings is 1. The fraction of sp³-hybridized carbons (Fsp3) is 0.368. The third kappa shape index (κ3) is 3.85. The molecule has 2 amide bonds. The quantitative estimate of drug-likeness (QED) is 0.814. The van der Waals surface area contributed by atoms with Crippen molar-refractivity contribution in [2.75, 3.05) is 5.32 Å². The van der Waals surface area contributed by atoms with Crippen molar-refractivity contribution >= 4 is 28.2 Å². The van der Waals surface area contributed by atoms with Gasteiger partial charge in [-0.3, -0.25) is 9.59 Å². The molecule has 0 saturated heterocycles. The molecule has 0 saturated carbocycles. The molecule has 24 heavy (non-hydrogen) atoms. The smallest absolute Gasteiger partial charge is 0.251 e. The molecule has 1 heterocycles. The molecule has 0 fully saturated rings. The van der Waals surface area contributed by atoms with E-state index in [2.05, 4.69) is 5.32 Å². The van der Waals surface area contributed by atoms with E-state index in [1.807, 2.05) is 30.3 Å². The molecule has 1 aromatic carbocycles. The van der Waals surface area contributed by atoms with E-state index >= 15 is 0 Å². The highest BCUT2D eigenvalue weighted by Crippen LogP contribution is 2.37. The molecule has 1 aliphatic rings. The molecule has 3 N–H and O–H groups in total. The molecule has 0 bridgehead atoms. The third-order valence-electron chi connectivity index (χ3n) is 4.40. The van der Waals surface area contributed by atoms with Gasteiger partial charge in [0.05, 0.1) is 5.56 Å². The molecule has 2 aromatic rings. The monoisotopic (exact) mass is 342 g/mol. The first-order valence-electron chi connectivity index (χ1n) is 8.43. The summed E-state index contributed by atoms with van der Waals surface area (Å²) in [6.45, 7) is 0. The maximum absolute atomic E-state index is 12.3. The largest absolute Gasteiger partial charge is 0.365 e. The summed E-state index contributed by atoms with van der Waals surface area (Å²) in [5.41, 5.74) is 8.31. The van der Waals surface area contributed by atoms with Crippen LogP contribution < -0.4 is 11.1 Å². The molecular formula is C19H22N2O2S. The van der Waals surface area contributed by atoms with Crippen LogP contribution in [0.15, 0.2) is 30.3 Å². The molecule has 1 aliphatic carbocycles. The summed E-state index contributed by atoms with van der Waals surface area (Å²) in [6, 6.07) is 9.91. The Kier molecular flexibility index (Phi) is 5.30. The van der Waals surface area contributed by atoms with Gasteiger partial charge in [0.15, 0.2) is 0 Å². The van der Waals surface area contributed by atoms with Crippen LogP contribution in [-0.2, 0) is 24.1 Å². The Bertz CT molecular complexity index is 737. The van der Waals surface area contributed by atoms with Crippen molar-refractivity contribution in [3.63, 3.8) is 0 Å². The number of amides is 2. The van der Waals surface area contributed by atoms with Crippen LogP contribution in [0.3, 0.4) is 0 Å². The second kappa shape index (κ2) is 7.62. The van der Waals surface area contributed by atoms with Gasteiger partial charge in [-0.15, -0.1) is 11.3 Å². The standard InChI is InChI=1S/C19H22N2O2S/c20-18(23)17-14-9-5-2-6-10-15(14)24-19(17)21-16(22)12-11-13-7-3-1-4-8-13/h1,3-4,7-8H,2,5-6,9-12H2,(H2,20,23)(H,21,22). The lowest BCUT2D eigenvalue weighted by molar-refractivity contribution is -0.116. The van der Waals surface area contributed by atoms with Crippen molar-refractivity contribution in [3.05, 3.63) is 51.9 Å². The third-order valence-corrected chi connectivity index (χ3v) is 5.61. The summed E-state index contributed by atoms with van der Waals surface area (Å²) in [6.07, 6.45) is 6.31. The lowest BCUT2D eigenvalue weighted by Crippen LogP contribution is -2.18. The van der Waals surface area contributed by atoms with Gasteiger partial charge in [-0.05, 0) is 43.2 Å². The van der Waals surface area contributed by atoms with E-state index in [0.717, 1.165) is 36.8 Å². The molecule has 0 unspecified atom stereocenters. The number of benzene rings is 1. The van der Waals surface area contributed by atoms with Crippen LogP contribution in [-0.4, -0.2) is 11.8 Å². The number of nitrogens with two attached hydrogens (primary N) is 1. The van der Waals surface area contributed by atoms with Gasteiger partial charge in [-0.1, -0.05) is 36.8 Å². The molecule has 0 radical (unpaired) electrons. The summed E-state index contributed by atoms with van der Waals surface area (Å²) >= 11 is 1.52. The average Bonchev–Trinajstić information content (AvgIpc) is 2.75. The zero-order chi connectivity index (χ0) is 16.9. The molecule has 0 aliphatic heterocycles. The highest BCUT2D eigenvalue weighted by Gasteiger charge is 2.24. The first-order chi connectivity index (χ1) is 11.6. The number of hydrogen-bond acceptors (Lipinski definition) is 3. The summed E-state index contributed by atoms with van der Waals surface area (Å²) in [5.74, 6) is -0.509. The predicted octanol–water partition coefficient (Wildman–Crippen LogP) is 3.69. The molecule has 5 heteroatoms. The average molecular weight is 342 g/mol. The van der Waals surface area contributed by atoms with Crippen LogP contribution in [0, 0.1) is 0 Å². The summed E-state index contributed by atoms with van der Waals surface area (Å²) in [7, 11) is 0. The Balaban J connectivity index is 1.72. The first kappa shape index (κ1) is 16.7. The van der Waals surface area contributed by atoms with Gasteiger partial charge < -0.3 is 11.1 Å². The Morgan fingerprint density at radius 3 is 2.58 bits per heavy atom. The van der Waals surface area contributed by atoms with Crippen molar-refractivity contribution in [2.24, 2.45) is 5.73 Å². The van der Waals surface area contributed by atoms with E-state index in [-0.39, 0.29) is 5.91 Å². The number of aryl methyl sites for hydroxylation is 2. The minimum atomic E-state index is -0.437. The highest BCUT2D eigenvalue weighted by molar-refractivity contribution is 7.17. The Hall–Kier alpha value is -2.14. The minimum Gasteiger partial charge on any atom is -0.365 e. The van der Waals surface area contributed by atoms with Crippen LogP contribution in [0.2, 0.25) is 0 Å². The van der Waals surface area contributed by atoms with Gasteiger partial charge in [0.1, 0.15) is 5.00 Å². The maximum atomic E-state index is 12.3. The number of anilines is 1. The van der Waals surface area contributed by atoms with Crippen LogP contribution >= 0.6 is 11.3 Å². The molecule has 126 valence electrons. The number of carbonyl (C=O) groups excluding carboxylic acids is 2. The number of carbonyl (C=O) groups is 2. The number of hydrogen-bond donors (Lipinski definition) is 2. The highest BCUT2D eigenvalue weighted by atomic mass is 32.1. The van der Waals surface area contributed by atoms with Gasteiger partial charge in [0, 0.05) is 11.3 Å². The van der Waals surface area contributed by atoms with Gasteiger partial charge in [0.25, 0.3) is 5.91 Å². The SMILES string of the molecule is NC(=O)c1c(NC(=O)CCc2ccccc2)sc2c1CCCCC2. The van der Waals surface area contributed by atoms with Gasteiger partial charge in [0.2, 0.25) is 5.91 Å². The number of rotatable bonds is 5. The van der Waals surface area contributed by atoms with Crippen molar-refractivity contribution in [1.82, 2.24) is 0 Å². The molecule has 3 rings (SSSR count). The lowest BCUT2D eigenvalue weighted by Gasteiger charge is -2.06. The first-order valence-corrected chi connectivity index (χ1v) is 9.25. The van der Waals surface area contributed by atoms with Gasteiger partial charge >= 0.3 is 0 Å². The van der Waals surface area contributed by atoms with Crippen LogP contribution in [0.5, 0.6) is 0 Å². The van der Waals surface area contributed by atoms with E-state index in [9.17, 15) is 9.59 Å². The zero-order valence-corrected chi connectivity index (χ0v) is 14.5. The predicted molar refractivity (Wildman–Crippen MR) is 97.5 cm³/mol. The zero-order valence-electron chi connectivity index (χ0n) is 13.6. The normalized spacial score (nSPS) is 13.8. The van der Waals surface area contributed by atoms with Gasteiger partial charge in [-0.2, -0.15) is 0 Å². The topological polar surface area (TPSA) is 72.2 Å². The van der Waals surface area contributed by atoms with Crippen LogP contribution in [0.4, 0.5) is 5.00 Å². The number of nitrogens with one attached hydrogen (secondary N) is 1. The lowest BCUT2D eigenvalue weighted by atomic mass is 10.1. The van der Waals surface area contributed by atoms with Crippen molar-refractivity contribution in [2.45, 2.75) is 44.9 Å². The Morgan fingerprint density at radius 1 is 1.08 bits per heavy atom. The van der Waals surface area contributed by atoms with Gasteiger partial charge in [-0.25, -0.2) is 0 Å². The summed E-state index contributed by atoms with van der Waals surface area (Å²) in [4.78, 5) is 25.4. The number of primary amides is 1. The van der Waals surface area contributed by atoms with E-state index in [0.29, 0.717) is 23.4 Å². The van der Waals surface area contributed by atoms with E-state index in [4.69, 9.17) is 5.73 Å². The molecule has 4 nitrogen and oxygen atoms in total. The van der Waals surface area contributed by atoms with E-state index in [1.54, 1.807) is 0 Å². The van der Waals surface area contributed by atoms with E-state index in [1.165, 1.54) is 22.6 Å². The second-order valence-corrected chi connectivity index (χ2v) is 7.27. The fourth-order valence-electron chi connectivity index (χ4n) is 3.18. The van der Waals surface area contributed by atoms with Crippen LogP contribution in [0.1, 0.15) is 52.0 Å². The fourth-order valence-corrected chi connectivity index (χ4v) is 4.49. The minimum absolute atomic E-state index is 0.0715. The molecule has 0 atom stereocenters. The van der Waals surface area contributed by atoms with Crippen molar-refractivity contribution in [1.29, 1.82) is 0 Å². The molecule has 1 aromatic heterocycles. The van der Waals surface area contributed by atoms with Crippen molar-refractivity contribution < 1.29 is 9.59 Å². The summed E-state index contributed by atoms with van der Waals surface area (Å²) < 4.78 is 0. The summed E-state index contributed by atoms with van der Waals surface area (Å²) in [5, 5.41) is 3.55.